The monoisotopic (exact) mass is 180 g/mol. The van der Waals surface area contributed by atoms with Crippen molar-refractivity contribution in [3.63, 3.8) is 0 Å². The van der Waals surface area contributed by atoms with Gasteiger partial charge in [-0.3, -0.25) is 4.98 Å². The summed E-state index contributed by atoms with van der Waals surface area (Å²) in [5.74, 6) is 0. The number of rotatable bonds is 4. The lowest BCUT2D eigenvalue weighted by Crippen LogP contribution is -2.13. The maximum atomic E-state index is 5.09. The van der Waals surface area contributed by atoms with E-state index in [1.807, 2.05) is 26.4 Å². The average Bonchev–Trinajstić information content (AvgIpc) is 2.08. The molecule has 1 heterocycles. The lowest BCUT2D eigenvalue weighted by molar-refractivity contribution is 0.183. The zero-order valence-electron chi connectivity index (χ0n) is 8.45. The molecule has 0 unspecified atom stereocenters. The molecule has 1 aromatic heterocycles. The second-order valence-corrected chi connectivity index (χ2v) is 3.28. The molecule has 0 aromatic carbocycles. The Hall–Kier alpha value is -0.930. The van der Waals surface area contributed by atoms with Crippen molar-refractivity contribution >= 4 is 0 Å². The molecule has 3 nitrogen and oxygen atoms in total. The van der Waals surface area contributed by atoms with E-state index in [4.69, 9.17) is 4.74 Å². The first-order valence-corrected chi connectivity index (χ1v) is 4.30. The van der Waals surface area contributed by atoms with Gasteiger partial charge < -0.3 is 9.64 Å². The number of hydrogen-bond donors (Lipinski definition) is 0. The molecule has 0 atom stereocenters. The molecule has 13 heavy (non-hydrogen) atoms. The van der Waals surface area contributed by atoms with Crippen LogP contribution in [0.4, 0.5) is 0 Å². The summed E-state index contributed by atoms with van der Waals surface area (Å²) in [7, 11) is 5.77. The van der Waals surface area contributed by atoms with Gasteiger partial charge in [-0.05, 0) is 20.2 Å². The SMILES string of the molecule is COCc1cccnc1CN(C)C. The first kappa shape index (κ1) is 10.2. The van der Waals surface area contributed by atoms with E-state index < -0.39 is 0 Å². The van der Waals surface area contributed by atoms with Crippen LogP contribution in [0.25, 0.3) is 0 Å². The largest absolute Gasteiger partial charge is 0.380 e. The van der Waals surface area contributed by atoms with E-state index in [2.05, 4.69) is 16.0 Å². The highest BCUT2D eigenvalue weighted by atomic mass is 16.5. The Morgan fingerprint density at radius 2 is 2.23 bits per heavy atom. The summed E-state index contributed by atoms with van der Waals surface area (Å²) in [6, 6.07) is 3.99. The normalized spacial score (nSPS) is 10.8. The van der Waals surface area contributed by atoms with Crippen LogP contribution in [0, 0.1) is 0 Å². The van der Waals surface area contributed by atoms with Crippen molar-refractivity contribution < 1.29 is 4.74 Å². The predicted octanol–water partition coefficient (Wildman–Crippen LogP) is 1.29. The van der Waals surface area contributed by atoms with Crippen LogP contribution in [0.3, 0.4) is 0 Å². The summed E-state index contributed by atoms with van der Waals surface area (Å²) in [5, 5.41) is 0. The summed E-state index contributed by atoms with van der Waals surface area (Å²) >= 11 is 0. The Bertz CT molecular complexity index is 261. The number of hydrogen-bond acceptors (Lipinski definition) is 3. The standard InChI is InChI=1S/C10H16N2O/c1-12(2)7-10-9(8-13-3)5-4-6-11-10/h4-6H,7-8H2,1-3H3. The van der Waals surface area contributed by atoms with Gasteiger partial charge in [0.1, 0.15) is 0 Å². The van der Waals surface area contributed by atoms with Crippen molar-refractivity contribution in [1.82, 2.24) is 9.88 Å². The molecule has 0 N–H and O–H groups in total. The first-order chi connectivity index (χ1) is 6.24. The summed E-state index contributed by atoms with van der Waals surface area (Å²) in [4.78, 5) is 6.41. The number of nitrogens with zero attached hydrogens (tertiary/aromatic N) is 2. The second-order valence-electron chi connectivity index (χ2n) is 3.28. The van der Waals surface area contributed by atoms with Crippen molar-refractivity contribution in [3.05, 3.63) is 29.6 Å². The third-order valence-corrected chi connectivity index (χ3v) is 1.75. The molecule has 0 aliphatic heterocycles. The van der Waals surface area contributed by atoms with Crippen molar-refractivity contribution in [3.8, 4) is 0 Å². The Morgan fingerprint density at radius 3 is 2.85 bits per heavy atom. The van der Waals surface area contributed by atoms with Gasteiger partial charge in [0.05, 0.1) is 12.3 Å². The van der Waals surface area contributed by atoms with E-state index in [0.29, 0.717) is 6.61 Å². The van der Waals surface area contributed by atoms with Crippen molar-refractivity contribution in [2.24, 2.45) is 0 Å². The molecular weight excluding hydrogens is 164 g/mol. The minimum Gasteiger partial charge on any atom is -0.380 e. The summed E-state index contributed by atoms with van der Waals surface area (Å²) < 4.78 is 5.09. The van der Waals surface area contributed by atoms with Crippen LogP contribution in [-0.4, -0.2) is 31.1 Å². The Balaban J connectivity index is 2.78. The van der Waals surface area contributed by atoms with E-state index in [0.717, 1.165) is 12.2 Å². The van der Waals surface area contributed by atoms with Gasteiger partial charge in [-0.1, -0.05) is 6.07 Å². The highest BCUT2D eigenvalue weighted by Gasteiger charge is 2.03. The molecule has 0 spiro atoms. The van der Waals surface area contributed by atoms with E-state index in [-0.39, 0.29) is 0 Å². The van der Waals surface area contributed by atoms with Gasteiger partial charge in [-0.15, -0.1) is 0 Å². The fourth-order valence-electron chi connectivity index (χ4n) is 1.20. The zero-order chi connectivity index (χ0) is 9.68. The molecule has 0 aliphatic carbocycles. The molecule has 0 fully saturated rings. The van der Waals surface area contributed by atoms with Crippen molar-refractivity contribution in [2.45, 2.75) is 13.2 Å². The summed E-state index contributed by atoms with van der Waals surface area (Å²) in [6.45, 7) is 1.50. The second kappa shape index (κ2) is 4.94. The van der Waals surface area contributed by atoms with Gasteiger partial charge in [0, 0.05) is 25.4 Å². The Morgan fingerprint density at radius 1 is 1.46 bits per heavy atom. The minimum absolute atomic E-state index is 0.636. The van der Waals surface area contributed by atoms with Crippen molar-refractivity contribution in [2.75, 3.05) is 21.2 Å². The van der Waals surface area contributed by atoms with Crippen LogP contribution < -0.4 is 0 Å². The van der Waals surface area contributed by atoms with Crippen LogP contribution >= 0.6 is 0 Å². The fraction of sp³-hybridized carbons (Fsp3) is 0.500. The van der Waals surface area contributed by atoms with Crippen LogP contribution in [0.15, 0.2) is 18.3 Å². The van der Waals surface area contributed by atoms with Crippen molar-refractivity contribution in [1.29, 1.82) is 0 Å². The molecule has 0 aliphatic rings. The van der Waals surface area contributed by atoms with E-state index in [1.165, 1.54) is 5.56 Å². The third kappa shape index (κ3) is 3.13. The van der Waals surface area contributed by atoms with Crippen LogP contribution in [0.2, 0.25) is 0 Å². The van der Waals surface area contributed by atoms with Crippen LogP contribution in [0.1, 0.15) is 11.3 Å². The van der Waals surface area contributed by atoms with Gasteiger partial charge in [0.2, 0.25) is 0 Å². The van der Waals surface area contributed by atoms with Crippen LogP contribution in [0.5, 0.6) is 0 Å². The lowest BCUT2D eigenvalue weighted by atomic mass is 10.2. The number of ether oxygens (including phenoxy) is 1. The average molecular weight is 180 g/mol. The third-order valence-electron chi connectivity index (χ3n) is 1.75. The molecular formula is C10H16N2O. The van der Waals surface area contributed by atoms with E-state index in [1.54, 1.807) is 7.11 Å². The molecule has 1 rings (SSSR count). The Kier molecular flexibility index (Phi) is 3.86. The topological polar surface area (TPSA) is 25.4 Å². The van der Waals surface area contributed by atoms with Gasteiger partial charge >= 0.3 is 0 Å². The molecule has 0 radical (unpaired) electrons. The highest BCUT2D eigenvalue weighted by Crippen LogP contribution is 2.07. The molecule has 0 saturated heterocycles. The fourth-order valence-corrected chi connectivity index (χ4v) is 1.20. The van der Waals surface area contributed by atoms with Crippen LogP contribution in [-0.2, 0) is 17.9 Å². The maximum Gasteiger partial charge on any atom is 0.0731 e. The van der Waals surface area contributed by atoms with E-state index >= 15 is 0 Å². The summed E-state index contributed by atoms with van der Waals surface area (Å²) in [6.07, 6.45) is 1.82. The van der Waals surface area contributed by atoms with Gasteiger partial charge in [-0.25, -0.2) is 0 Å². The minimum atomic E-state index is 0.636. The molecule has 0 saturated carbocycles. The van der Waals surface area contributed by atoms with E-state index in [9.17, 15) is 0 Å². The summed E-state index contributed by atoms with van der Waals surface area (Å²) in [5.41, 5.74) is 2.26. The molecule has 3 heteroatoms. The number of aromatic nitrogens is 1. The molecule has 0 bridgehead atoms. The van der Waals surface area contributed by atoms with Gasteiger partial charge in [-0.2, -0.15) is 0 Å². The first-order valence-electron chi connectivity index (χ1n) is 4.30. The van der Waals surface area contributed by atoms with Gasteiger partial charge in [0.25, 0.3) is 0 Å². The molecule has 0 amide bonds. The molecule has 72 valence electrons. The lowest BCUT2D eigenvalue weighted by Gasteiger charge is -2.12. The number of methoxy groups -OCH3 is 1. The predicted molar refractivity (Wildman–Crippen MR) is 52.3 cm³/mol. The highest BCUT2D eigenvalue weighted by molar-refractivity contribution is 5.18. The number of pyridine rings is 1. The molecule has 1 aromatic rings. The zero-order valence-corrected chi connectivity index (χ0v) is 8.45. The maximum absolute atomic E-state index is 5.09. The quantitative estimate of drug-likeness (QED) is 0.698. The Labute approximate surface area is 79.3 Å². The smallest absolute Gasteiger partial charge is 0.0731 e. The van der Waals surface area contributed by atoms with Gasteiger partial charge in [0.15, 0.2) is 0 Å².